The van der Waals surface area contributed by atoms with Crippen LogP contribution in [0.15, 0.2) is 29.2 Å². The molecule has 3 rings (SSSR count). The van der Waals surface area contributed by atoms with Gasteiger partial charge in [-0.15, -0.1) is 0 Å². The first-order valence-electron chi connectivity index (χ1n) is 6.73. The lowest BCUT2D eigenvalue weighted by Gasteiger charge is -2.36. The summed E-state index contributed by atoms with van der Waals surface area (Å²) in [5.41, 5.74) is 0.836. The van der Waals surface area contributed by atoms with Crippen LogP contribution >= 0.6 is 15.9 Å². The summed E-state index contributed by atoms with van der Waals surface area (Å²) in [7, 11) is -3.34. The Morgan fingerprint density at radius 3 is 2.32 bits per heavy atom. The molecule has 2 fully saturated rings. The van der Waals surface area contributed by atoms with Gasteiger partial charge >= 0.3 is 0 Å². The SMILES string of the molecule is Cc1ccccc1S(=O)(=O)N1C2CCC1CC(Br)C2. The van der Waals surface area contributed by atoms with Crippen molar-refractivity contribution in [2.75, 3.05) is 0 Å². The molecular weight excluding hydrogens is 326 g/mol. The molecule has 2 atom stereocenters. The second kappa shape index (κ2) is 4.86. The lowest BCUT2D eigenvalue weighted by Crippen LogP contribution is -2.46. The molecule has 0 amide bonds. The van der Waals surface area contributed by atoms with Gasteiger partial charge in [0.2, 0.25) is 10.0 Å². The minimum atomic E-state index is -3.34. The van der Waals surface area contributed by atoms with Crippen LogP contribution in [0.25, 0.3) is 0 Å². The third-order valence-corrected chi connectivity index (χ3v) is 7.17. The van der Waals surface area contributed by atoms with E-state index < -0.39 is 10.0 Å². The normalized spacial score (nSPS) is 31.6. The van der Waals surface area contributed by atoms with Crippen molar-refractivity contribution in [2.45, 2.75) is 54.4 Å². The largest absolute Gasteiger partial charge is 0.243 e. The average Bonchev–Trinajstić information content (AvgIpc) is 2.63. The maximum absolute atomic E-state index is 12.9. The third-order valence-electron chi connectivity index (χ3n) is 4.26. The molecule has 2 unspecified atom stereocenters. The maximum Gasteiger partial charge on any atom is 0.243 e. The molecule has 2 bridgehead atoms. The van der Waals surface area contributed by atoms with E-state index in [0.717, 1.165) is 31.2 Å². The van der Waals surface area contributed by atoms with Crippen molar-refractivity contribution in [1.29, 1.82) is 0 Å². The zero-order valence-electron chi connectivity index (χ0n) is 10.9. The second-order valence-electron chi connectivity index (χ2n) is 5.55. The van der Waals surface area contributed by atoms with E-state index in [1.54, 1.807) is 16.4 Å². The Morgan fingerprint density at radius 1 is 1.16 bits per heavy atom. The van der Waals surface area contributed by atoms with E-state index in [1.807, 2.05) is 19.1 Å². The zero-order valence-corrected chi connectivity index (χ0v) is 13.3. The molecule has 2 aliphatic rings. The fraction of sp³-hybridized carbons (Fsp3) is 0.571. The highest BCUT2D eigenvalue weighted by molar-refractivity contribution is 9.09. The summed E-state index contributed by atoms with van der Waals surface area (Å²) < 4.78 is 27.6. The lowest BCUT2D eigenvalue weighted by molar-refractivity contribution is 0.255. The molecule has 0 radical (unpaired) electrons. The first-order chi connectivity index (χ1) is 9.00. The molecule has 2 aliphatic heterocycles. The molecule has 0 aromatic heterocycles. The van der Waals surface area contributed by atoms with Crippen LogP contribution in [0.5, 0.6) is 0 Å². The number of aryl methyl sites for hydroxylation is 1. The minimum Gasteiger partial charge on any atom is -0.207 e. The van der Waals surface area contributed by atoms with Crippen molar-refractivity contribution in [1.82, 2.24) is 4.31 Å². The maximum atomic E-state index is 12.9. The van der Waals surface area contributed by atoms with E-state index >= 15 is 0 Å². The first-order valence-corrected chi connectivity index (χ1v) is 9.09. The van der Waals surface area contributed by atoms with Crippen LogP contribution in [-0.2, 0) is 10.0 Å². The van der Waals surface area contributed by atoms with E-state index in [2.05, 4.69) is 15.9 Å². The smallest absolute Gasteiger partial charge is 0.207 e. The van der Waals surface area contributed by atoms with E-state index in [1.165, 1.54) is 0 Å². The van der Waals surface area contributed by atoms with Crippen LogP contribution in [0.1, 0.15) is 31.2 Å². The van der Waals surface area contributed by atoms with Crippen molar-refractivity contribution >= 4 is 26.0 Å². The highest BCUT2D eigenvalue weighted by Gasteiger charge is 2.46. The highest BCUT2D eigenvalue weighted by Crippen LogP contribution is 2.42. The number of sulfonamides is 1. The van der Waals surface area contributed by atoms with E-state index in [9.17, 15) is 8.42 Å². The van der Waals surface area contributed by atoms with Crippen LogP contribution in [0.3, 0.4) is 0 Å². The lowest BCUT2D eigenvalue weighted by atomic mass is 10.1. The summed E-state index contributed by atoms with van der Waals surface area (Å²) in [5, 5.41) is 0. The van der Waals surface area contributed by atoms with Gasteiger partial charge in [-0.2, -0.15) is 4.31 Å². The van der Waals surface area contributed by atoms with Gasteiger partial charge in [-0.1, -0.05) is 34.1 Å². The van der Waals surface area contributed by atoms with Crippen LogP contribution in [0, 0.1) is 6.92 Å². The summed E-state index contributed by atoms with van der Waals surface area (Å²) in [6.45, 7) is 1.87. The molecular formula is C14H18BrNO2S. The standard InChI is InChI=1S/C14H18BrNO2S/c1-10-4-2-3-5-14(10)19(17,18)16-12-6-7-13(16)9-11(15)8-12/h2-5,11-13H,6-9H2,1H3. The number of benzene rings is 1. The number of hydrogen-bond donors (Lipinski definition) is 0. The highest BCUT2D eigenvalue weighted by atomic mass is 79.9. The van der Waals surface area contributed by atoms with Gasteiger partial charge < -0.3 is 0 Å². The summed E-state index contributed by atoms with van der Waals surface area (Å²) in [5.74, 6) is 0. The number of hydrogen-bond acceptors (Lipinski definition) is 2. The molecule has 1 aromatic rings. The predicted molar refractivity (Wildman–Crippen MR) is 79.0 cm³/mol. The topological polar surface area (TPSA) is 37.4 Å². The Morgan fingerprint density at radius 2 is 1.74 bits per heavy atom. The van der Waals surface area contributed by atoms with Crippen LogP contribution in [0.4, 0.5) is 0 Å². The van der Waals surface area contributed by atoms with Crippen molar-refractivity contribution in [3.8, 4) is 0 Å². The van der Waals surface area contributed by atoms with Gasteiger partial charge in [0.25, 0.3) is 0 Å². The van der Waals surface area contributed by atoms with Crippen molar-refractivity contribution in [2.24, 2.45) is 0 Å². The van der Waals surface area contributed by atoms with Gasteiger partial charge in [0.1, 0.15) is 0 Å². The Kier molecular flexibility index (Phi) is 3.48. The van der Waals surface area contributed by atoms with Gasteiger partial charge in [-0.3, -0.25) is 0 Å². The molecule has 19 heavy (non-hydrogen) atoms. The van der Waals surface area contributed by atoms with Crippen molar-refractivity contribution in [3.05, 3.63) is 29.8 Å². The number of fused-ring (bicyclic) bond motifs is 2. The molecule has 5 heteroatoms. The molecule has 2 heterocycles. The van der Waals surface area contributed by atoms with Crippen LogP contribution in [0.2, 0.25) is 0 Å². The number of alkyl halides is 1. The summed E-state index contributed by atoms with van der Waals surface area (Å²) in [6, 6.07) is 7.63. The third kappa shape index (κ3) is 2.26. The quantitative estimate of drug-likeness (QED) is 0.774. The van der Waals surface area contributed by atoms with Gasteiger partial charge in [-0.25, -0.2) is 8.42 Å². The van der Waals surface area contributed by atoms with Crippen LogP contribution in [-0.4, -0.2) is 29.6 Å². The molecule has 104 valence electrons. The number of nitrogens with zero attached hydrogens (tertiary/aromatic N) is 1. The fourth-order valence-corrected chi connectivity index (χ4v) is 6.40. The zero-order chi connectivity index (χ0) is 13.6. The molecule has 0 aliphatic carbocycles. The molecule has 1 aromatic carbocycles. The monoisotopic (exact) mass is 343 g/mol. The molecule has 2 saturated heterocycles. The van der Waals surface area contributed by atoms with Crippen LogP contribution < -0.4 is 0 Å². The van der Waals surface area contributed by atoms with Gasteiger partial charge in [-0.05, 0) is 44.2 Å². The summed E-state index contributed by atoms with van der Waals surface area (Å²) in [6.07, 6.45) is 3.86. The summed E-state index contributed by atoms with van der Waals surface area (Å²) >= 11 is 3.65. The Bertz CT molecular complexity index is 573. The van der Waals surface area contributed by atoms with Crippen molar-refractivity contribution < 1.29 is 8.42 Å². The van der Waals surface area contributed by atoms with Gasteiger partial charge in [0, 0.05) is 16.9 Å². The Labute approximate surface area is 123 Å². The van der Waals surface area contributed by atoms with Crippen molar-refractivity contribution in [3.63, 3.8) is 0 Å². The molecule has 0 spiro atoms. The second-order valence-corrected chi connectivity index (χ2v) is 8.66. The number of rotatable bonds is 2. The Hall–Kier alpha value is -0.390. The van der Waals surface area contributed by atoms with E-state index in [4.69, 9.17) is 0 Å². The van der Waals surface area contributed by atoms with Gasteiger partial charge in [0.05, 0.1) is 4.90 Å². The van der Waals surface area contributed by atoms with E-state index in [-0.39, 0.29) is 12.1 Å². The Balaban J connectivity index is 2.01. The molecule has 0 N–H and O–H groups in total. The fourth-order valence-electron chi connectivity index (χ4n) is 3.42. The summed E-state index contributed by atoms with van der Waals surface area (Å²) in [4.78, 5) is 0.938. The van der Waals surface area contributed by atoms with E-state index in [0.29, 0.717) is 9.72 Å². The molecule has 0 saturated carbocycles. The minimum absolute atomic E-state index is 0.174. The number of piperidine rings is 1. The average molecular weight is 344 g/mol. The number of halogens is 1. The molecule has 3 nitrogen and oxygen atoms in total. The first kappa shape index (κ1) is 13.6. The predicted octanol–water partition coefficient (Wildman–Crippen LogP) is 3.07. The van der Waals surface area contributed by atoms with Gasteiger partial charge in [0.15, 0.2) is 0 Å².